The van der Waals surface area contributed by atoms with Crippen molar-refractivity contribution in [2.75, 3.05) is 33.4 Å². The Morgan fingerprint density at radius 3 is 2.81 bits per heavy atom. The first-order chi connectivity index (χ1) is 15.2. The maximum absolute atomic E-state index is 14.5. The number of pyridine rings is 1. The Hall–Kier alpha value is -2.74. The number of aliphatic hydroxyl groups excluding tert-OH is 1. The molecule has 31 heavy (non-hydrogen) atoms. The summed E-state index contributed by atoms with van der Waals surface area (Å²) in [5.41, 5.74) is 2.90. The normalized spacial score (nSPS) is 17.7. The molecule has 1 fully saturated rings. The molecule has 1 saturated heterocycles. The minimum atomic E-state index is -0.251. The first-order valence-electron chi connectivity index (χ1n) is 10.6. The molecule has 7 heteroatoms. The lowest BCUT2D eigenvalue weighted by Gasteiger charge is -2.41. The molecule has 0 unspecified atom stereocenters. The first kappa shape index (κ1) is 21.5. The summed E-state index contributed by atoms with van der Waals surface area (Å²) in [4.78, 5) is 8.91. The summed E-state index contributed by atoms with van der Waals surface area (Å²) in [6.45, 7) is 4.00. The van der Waals surface area contributed by atoms with Gasteiger partial charge in [0.05, 0.1) is 19.0 Å². The standard InChI is InChI=1S/C24H29FN4O2/c1-31-23-7-6-19(24(25)14-23)16-28-12-11-27(17-21(28)8-13-30)18-22-5-3-10-29(22)20-4-2-9-26-15-20/h2-7,9-10,14-15,21,30H,8,11-13,16-18H2,1H3/t21-/m0/s1. The predicted molar refractivity (Wildman–Crippen MR) is 118 cm³/mol. The Labute approximate surface area is 182 Å². The van der Waals surface area contributed by atoms with Gasteiger partial charge in [0.1, 0.15) is 11.6 Å². The minimum Gasteiger partial charge on any atom is -0.497 e. The molecule has 1 N–H and O–H groups in total. The molecule has 3 heterocycles. The van der Waals surface area contributed by atoms with Gasteiger partial charge in [-0.1, -0.05) is 6.07 Å². The van der Waals surface area contributed by atoms with Crippen LogP contribution in [0.3, 0.4) is 0 Å². The lowest BCUT2D eigenvalue weighted by Crippen LogP contribution is -2.52. The van der Waals surface area contributed by atoms with Crippen molar-refractivity contribution in [3.8, 4) is 11.4 Å². The van der Waals surface area contributed by atoms with Gasteiger partial charge in [-0.15, -0.1) is 0 Å². The average molecular weight is 425 g/mol. The Kier molecular flexibility index (Phi) is 6.96. The summed E-state index contributed by atoms with van der Waals surface area (Å²) in [6.07, 6.45) is 6.36. The molecule has 1 aromatic carbocycles. The van der Waals surface area contributed by atoms with E-state index in [9.17, 15) is 9.50 Å². The number of nitrogens with zero attached hydrogens (tertiary/aromatic N) is 4. The van der Waals surface area contributed by atoms with Gasteiger partial charge < -0.3 is 14.4 Å². The van der Waals surface area contributed by atoms with E-state index in [1.807, 2.05) is 18.3 Å². The van der Waals surface area contributed by atoms with Crippen LogP contribution >= 0.6 is 0 Å². The van der Waals surface area contributed by atoms with Crippen LogP contribution in [0.25, 0.3) is 5.69 Å². The molecule has 1 aliphatic rings. The van der Waals surface area contributed by atoms with Crippen LogP contribution < -0.4 is 4.74 Å². The van der Waals surface area contributed by atoms with Crippen molar-refractivity contribution in [2.24, 2.45) is 0 Å². The lowest BCUT2D eigenvalue weighted by molar-refractivity contribution is 0.0485. The van der Waals surface area contributed by atoms with E-state index in [1.165, 1.54) is 18.9 Å². The smallest absolute Gasteiger partial charge is 0.131 e. The molecule has 3 aromatic rings. The van der Waals surface area contributed by atoms with Crippen molar-refractivity contribution in [1.29, 1.82) is 0 Å². The van der Waals surface area contributed by atoms with E-state index in [1.54, 1.807) is 18.3 Å². The number of rotatable bonds is 8. The van der Waals surface area contributed by atoms with Crippen LogP contribution in [0.5, 0.6) is 5.75 Å². The number of aliphatic hydroxyl groups is 1. The highest BCUT2D eigenvalue weighted by molar-refractivity contribution is 5.32. The number of hydrogen-bond donors (Lipinski definition) is 1. The number of halogens is 1. The second-order valence-electron chi connectivity index (χ2n) is 7.91. The molecular weight excluding hydrogens is 395 g/mol. The van der Waals surface area contributed by atoms with Gasteiger partial charge in [0.15, 0.2) is 0 Å². The van der Waals surface area contributed by atoms with Crippen LogP contribution in [-0.4, -0.2) is 63.9 Å². The van der Waals surface area contributed by atoms with E-state index in [0.717, 1.165) is 31.9 Å². The Morgan fingerprint density at radius 2 is 2.06 bits per heavy atom. The topological polar surface area (TPSA) is 53.8 Å². The maximum atomic E-state index is 14.5. The third-order valence-electron chi connectivity index (χ3n) is 5.93. The zero-order chi connectivity index (χ0) is 21.6. The van der Waals surface area contributed by atoms with Crippen LogP contribution in [0.15, 0.2) is 61.1 Å². The van der Waals surface area contributed by atoms with E-state index < -0.39 is 0 Å². The van der Waals surface area contributed by atoms with E-state index >= 15 is 0 Å². The van der Waals surface area contributed by atoms with Crippen LogP contribution in [-0.2, 0) is 13.1 Å². The summed E-state index contributed by atoms with van der Waals surface area (Å²) in [6, 6.07) is 13.4. The van der Waals surface area contributed by atoms with Gasteiger partial charge in [0.25, 0.3) is 0 Å². The molecule has 0 radical (unpaired) electrons. The molecule has 0 amide bonds. The van der Waals surface area contributed by atoms with Crippen molar-refractivity contribution >= 4 is 0 Å². The monoisotopic (exact) mass is 424 g/mol. The zero-order valence-electron chi connectivity index (χ0n) is 17.8. The summed E-state index contributed by atoms with van der Waals surface area (Å²) >= 11 is 0. The van der Waals surface area contributed by atoms with Crippen LogP contribution in [0.4, 0.5) is 4.39 Å². The van der Waals surface area contributed by atoms with Gasteiger partial charge in [0, 0.05) is 75.1 Å². The summed E-state index contributed by atoms with van der Waals surface area (Å²) < 4.78 is 21.7. The number of benzene rings is 1. The molecule has 0 saturated carbocycles. The highest BCUT2D eigenvalue weighted by Gasteiger charge is 2.27. The fourth-order valence-corrected chi connectivity index (χ4v) is 4.26. The minimum absolute atomic E-state index is 0.117. The van der Waals surface area contributed by atoms with Crippen LogP contribution in [0.2, 0.25) is 0 Å². The Morgan fingerprint density at radius 1 is 1.16 bits per heavy atom. The molecule has 164 valence electrons. The third-order valence-corrected chi connectivity index (χ3v) is 5.93. The predicted octanol–water partition coefficient (Wildman–Crippen LogP) is 3.09. The fourth-order valence-electron chi connectivity index (χ4n) is 4.26. The van der Waals surface area contributed by atoms with E-state index in [2.05, 4.69) is 37.7 Å². The van der Waals surface area contributed by atoms with Gasteiger partial charge in [-0.3, -0.25) is 14.8 Å². The van der Waals surface area contributed by atoms with Gasteiger partial charge in [-0.05, 0) is 36.8 Å². The van der Waals surface area contributed by atoms with Gasteiger partial charge in [-0.25, -0.2) is 4.39 Å². The molecular formula is C24H29FN4O2. The molecule has 0 bridgehead atoms. The van der Waals surface area contributed by atoms with Crippen molar-refractivity contribution in [3.05, 3.63) is 78.1 Å². The molecule has 0 aliphatic carbocycles. The van der Waals surface area contributed by atoms with Crippen molar-refractivity contribution in [3.63, 3.8) is 0 Å². The number of hydrogen-bond acceptors (Lipinski definition) is 5. The number of aromatic nitrogens is 2. The zero-order valence-corrected chi connectivity index (χ0v) is 17.8. The Balaban J connectivity index is 1.44. The second kappa shape index (κ2) is 10.0. The number of ether oxygens (including phenoxy) is 1. The largest absolute Gasteiger partial charge is 0.497 e. The third kappa shape index (κ3) is 5.12. The quantitative estimate of drug-likeness (QED) is 0.602. The highest BCUT2D eigenvalue weighted by atomic mass is 19.1. The number of piperazine rings is 1. The molecule has 1 atom stereocenters. The average Bonchev–Trinajstić information content (AvgIpc) is 3.25. The molecule has 1 aliphatic heterocycles. The lowest BCUT2D eigenvalue weighted by atomic mass is 10.1. The van der Waals surface area contributed by atoms with E-state index in [0.29, 0.717) is 24.3 Å². The van der Waals surface area contributed by atoms with Crippen LogP contribution in [0, 0.1) is 5.82 Å². The van der Waals surface area contributed by atoms with Gasteiger partial charge in [-0.2, -0.15) is 0 Å². The summed E-state index contributed by atoms with van der Waals surface area (Å²) in [5.74, 6) is 0.272. The molecule has 4 rings (SSSR count). The fraction of sp³-hybridized carbons (Fsp3) is 0.375. The first-order valence-corrected chi connectivity index (χ1v) is 10.6. The van der Waals surface area contributed by atoms with Crippen molar-refractivity contribution < 1.29 is 14.2 Å². The number of methoxy groups -OCH3 is 1. The van der Waals surface area contributed by atoms with Gasteiger partial charge >= 0.3 is 0 Å². The molecule has 2 aromatic heterocycles. The van der Waals surface area contributed by atoms with E-state index in [-0.39, 0.29) is 18.5 Å². The van der Waals surface area contributed by atoms with Crippen molar-refractivity contribution in [2.45, 2.75) is 25.6 Å². The van der Waals surface area contributed by atoms with Gasteiger partial charge in [0.2, 0.25) is 0 Å². The summed E-state index contributed by atoms with van der Waals surface area (Å²) in [5, 5.41) is 9.61. The SMILES string of the molecule is COc1ccc(CN2CCN(Cc3cccn3-c3cccnc3)C[C@@H]2CCO)c(F)c1. The van der Waals surface area contributed by atoms with E-state index in [4.69, 9.17) is 4.74 Å². The highest BCUT2D eigenvalue weighted by Crippen LogP contribution is 2.23. The van der Waals surface area contributed by atoms with Crippen molar-refractivity contribution in [1.82, 2.24) is 19.4 Å². The second-order valence-corrected chi connectivity index (χ2v) is 7.91. The van der Waals surface area contributed by atoms with Crippen LogP contribution in [0.1, 0.15) is 17.7 Å². The molecule has 0 spiro atoms. The summed E-state index contributed by atoms with van der Waals surface area (Å²) in [7, 11) is 1.54. The Bertz CT molecular complexity index is 979. The maximum Gasteiger partial charge on any atom is 0.131 e. The molecule has 6 nitrogen and oxygen atoms in total.